The van der Waals surface area contributed by atoms with Gasteiger partial charge in [0.25, 0.3) is 5.56 Å². The second-order valence-corrected chi connectivity index (χ2v) is 6.38. The van der Waals surface area contributed by atoms with Crippen molar-refractivity contribution in [3.05, 3.63) is 65.0 Å². The fourth-order valence-electron chi connectivity index (χ4n) is 3.09. The van der Waals surface area contributed by atoms with Crippen LogP contribution in [0.3, 0.4) is 0 Å². The molecule has 0 amide bonds. The van der Waals surface area contributed by atoms with Gasteiger partial charge in [-0.2, -0.15) is 0 Å². The molecule has 4 heterocycles. The lowest BCUT2D eigenvalue weighted by molar-refractivity contribution is 0.967. The molecular weight excluding hydrogens is 328 g/mol. The lowest BCUT2D eigenvalue weighted by atomic mass is 10.2. The van der Waals surface area contributed by atoms with E-state index >= 15 is 0 Å². The maximum atomic E-state index is 12.6. The van der Waals surface area contributed by atoms with Gasteiger partial charge in [0.05, 0.1) is 11.4 Å². The fourth-order valence-corrected chi connectivity index (χ4v) is 3.09. The molecule has 0 saturated heterocycles. The van der Waals surface area contributed by atoms with Gasteiger partial charge in [-0.25, -0.2) is 4.98 Å². The number of nitrogens with one attached hydrogen (secondary N) is 3. The van der Waals surface area contributed by atoms with Gasteiger partial charge in [-0.3, -0.25) is 4.79 Å². The normalized spacial score (nSPS) is 11.0. The highest BCUT2D eigenvalue weighted by atomic mass is 16.1. The van der Waals surface area contributed by atoms with Crippen LogP contribution >= 0.6 is 0 Å². The van der Waals surface area contributed by atoms with Crippen LogP contribution < -0.4 is 15.8 Å². The molecule has 4 aromatic rings. The molecule has 0 bridgehead atoms. The van der Waals surface area contributed by atoms with Crippen molar-refractivity contribution in [2.24, 2.45) is 0 Å². The van der Waals surface area contributed by atoms with Crippen LogP contribution in [0.4, 0.5) is 17.2 Å². The van der Waals surface area contributed by atoms with E-state index < -0.39 is 0 Å². The van der Waals surface area contributed by atoms with Crippen molar-refractivity contribution in [1.82, 2.24) is 19.5 Å². The maximum Gasteiger partial charge on any atom is 0.273 e. The lowest BCUT2D eigenvalue weighted by Gasteiger charge is -2.20. The third-order valence-electron chi connectivity index (χ3n) is 4.39. The molecule has 3 N–H and O–H groups in total. The van der Waals surface area contributed by atoms with Gasteiger partial charge in [0.2, 0.25) is 0 Å². The summed E-state index contributed by atoms with van der Waals surface area (Å²) in [6.45, 7) is 1.97. The van der Waals surface area contributed by atoms with Crippen molar-refractivity contribution in [3.63, 3.8) is 0 Å². The Kier molecular flexibility index (Phi) is 3.76. The van der Waals surface area contributed by atoms with Crippen molar-refractivity contribution in [2.45, 2.75) is 6.92 Å². The minimum absolute atomic E-state index is 0.139. The Hall–Kier alpha value is -3.48. The first kappa shape index (κ1) is 16.0. The van der Waals surface area contributed by atoms with Crippen LogP contribution in [0.2, 0.25) is 0 Å². The minimum atomic E-state index is -0.139. The van der Waals surface area contributed by atoms with Gasteiger partial charge in [-0.1, -0.05) is 0 Å². The summed E-state index contributed by atoms with van der Waals surface area (Å²) < 4.78 is 1.88. The van der Waals surface area contributed by atoms with Gasteiger partial charge in [0.1, 0.15) is 17.2 Å². The van der Waals surface area contributed by atoms with E-state index in [9.17, 15) is 4.79 Å². The summed E-state index contributed by atoms with van der Waals surface area (Å²) in [6, 6.07) is 9.66. The molecule has 0 aliphatic rings. The Bertz CT molecular complexity index is 1130. The Balaban J connectivity index is 1.87. The largest absolute Gasteiger partial charge is 0.362 e. The molecule has 0 radical (unpaired) electrons. The molecule has 0 atom stereocenters. The smallest absolute Gasteiger partial charge is 0.273 e. The average Bonchev–Trinajstić information content (AvgIpc) is 3.25. The number of fused-ring (bicyclic) bond motifs is 1. The summed E-state index contributed by atoms with van der Waals surface area (Å²) in [5.41, 5.74) is 3.97. The molecule has 0 unspecified atom stereocenters. The van der Waals surface area contributed by atoms with Crippen LogP contribution in [0.1, 0.15) is 5.69 Å². The van der Waals surface area contributed by atoms with Crippen LogP contribution in [0.25, 0.3) is 16.7 Å². The van der Waals surface area contributed by atoms with Crippen molar-refractivity contribution < 1.29 is 0 Å². The van der Waals surface area contributed by atoms with Gasteiger partial charge in [-0.05, 0) is 37.3 Å². The Morgan fingerprint density at radius 2 is 2.04 bits per heavy atom. The molecule has 0 aliphatic heterocycles. The Morgan fingerprint density at radius 3 is 2.77 bits per heavy atom. The molecule has 132 valence electrons. The number of nitrogens with zero attached hydrogens (tertiary/aromatic N) is 3. The number of H-pyrrole nitrogens is 2. The van der Waals surface area contributed by atoms with Crippen molar-refractivity contribution >= 4 is 28.2 Å². The Morgan fingerprint density at radius 1 is 1.19 bits per heavy atom. The molecule has 0 saturated carbocycles. The number of rotatable bonds is 4. The molecule has 0 aliphatic carbocycles. The molecule has 0 spiro atoms. The van der Waals surface area contributed by atoms with Crippen LogP contribution in [0, 0.1) is 6.92 Å². The molecule has 0 fully saturated rings. The van der Waals surface area contributed by atoms with E-state index in [1.165, 1.54) is 0 Å². The molecule has 0 aromatic carbocycles. The summed E-state index contributed by atoms with van der Waals surface area (Å²) in [5.74, 6) is 0.712. The molecule has 7 heteroatoms. The highest BCUT2D eigenvalue weighted by Gasteiger charge is 2.14. The SMILES string of the molecule is Cc1cccn1-c1cc(Nc2ccnc3[nH]ccc23)c(N(C)C)[nH]c1=O. The molecule has 7 nitrogen and oxygen atoms in total. The van der Waals surface area contributed by atoms with Crippen molar-refractivity contribution in [3.8, 4) is 5.69 Å². The molecular formula is C19H20N6O. The van der Waals surface area contributed by atoms with Gasteiger partial charge in [0.15, 0.2) is 0 Å². The number of hydrogen-bond donors (Lipinski definition) is 3. The molecule has 4 aromatic heterocycles. The Labute approximate surface area is 150 Å². The van der Waals surface area contributed by atoms with Gasteiger partial charge >= 0.3 is 0 Å². The standard InChI is InChI=1S/C19H20N6O/c1-12-5-4-10-25(12)16-11-15(18(24(2)3)23-19(16)26)22-14-7-9-21-17-13(14)6-8-20-17/h4-11H,1-3H3,(H,23,26)(H2,20,21,22). The third-order valence-corrected chi connectivity index (χ3v) is 4.39. The first-order valence-electron chi connectivity index (χ1n) is 8.32. The van der Waals surface area contributed by atoms with E-state index in [4.69, 9.17) is 0 Å². The fraction of sp³-hybridized carbons (Fsp3) is 0.158. The number of pyridine rings is 2. The van der Waals surface area contributed by atoms with Crippen LogP contribution in [0.5, 0.6) is 0 Å². The summed E-state index contributed by atoms with van der Waals surface area (Å²) in [6.07, 6.45) is 5.49. The molecule has 26 heavy (non-hydrogen) atoms. The zero-order valence-corrected chi connectivity index (χ0v) is 14.9. The van der Waals surface area contributed by atoms with Crippen LogP contribution in [-0.2, 0) is 0 Å². The van der Waals surface area contributed by atoms with E-state index in [-0.39, 0.29) is 5.56 Å². The van der Waals surface area contributed by atoms with Gasteiger partial charge < -0.3 is 24.8 Å². The second kappa shape index (κ2) is 6.11. The predicted molar refractivity (Wildman–Crippen MR) is 105 cm³/mol. The lowest BCUT2D eigenvalue weighted by Crippen LogP contribution is -2.22. The zero-order valence-electron chi connectivity index (χ0n) is 14.9. The number of aromatic amines is 2. The number of hydrogen-bond acceptors (Lipinski definition) is 4. The zero-order chi connectivity index (χ0) is 18.3. The number of anilines is 3. The van der Waals surface area contributed by atoms with Crippen LogP contribution in [-0.4, -0.2) is 33.6 Å². The highest BCUT2D eigenvalue weighted by Crippen LogP contribution is 2.29. The van der Waals surface area contributed by atoms with E-state index in [2.05, 4.69) is 20.3 Å². The van der Waals surface area contributed by atoms with Crippen molar-refractivity contribution in [1.29, 1.82) is 0 Å². The minimum Gasteiger partial charge on any atom is -0.362 e. The quantitative estimate of drug-likeness (QED) is 0.529. The van der Waals surface area contributed by atoms with Gasteiger partial charge in [0, 0.05) is 43.8 Å². The maximum absolute atomic E-state index is 12.6. The topological polar surface area (TPSA) is 81.7 Å². The number of aryl methyl sites for hydroxylation is 1. The first-order valence-corrected chi connectivity index (χ1v) is 8.32. The van der Waals surface area contributed by atoms with Crippen LogP contribution in [0.15, 0.2) is 53.7 Å². The van der Waals surface area contributed by atoms with E-state index in [0.717, 1.165) is 28.1 Å². The summed E-state index contributed by atoms with van der Waals surface area (Å²) >= 11 is 0. The summed E-state index contributed by atoms with van der Waals surface area (Å²) in [4.78, 5) is 24.9. The van der Waals surface area contributed by atoms with E-state index in [1.807, 2.05) is 73.2 Å². The number of aromatic nitrogens is 4. The third kappa shape index (κ3) is 2.63. The monoisotopic (exact) mass is 348 g/mol. The summed E-state index contributed by atoms with van der Waals surface area (Å²) in [7, 11) is 3.80. The molecule has 4 rings (SSSR count). The van der Waals surface area contributed by atoms with Crippen molar-refractivity contribution in [2.75, 3.05) is 24.3 Å². The van der Waals surface area contributed by atoms with E-state index in [1.54, 1.807) is 6.20 Å². The summed E-state index contributed by atoms with van der Waals surface area (Å²) in [5, 5.41) is 4.43. The second-order valence-electron chi connectivity index (χ2n) is 6.38. The van der Waals surface area contributed by atoms with E-state index in [0.29, 0.717) is 11.5 Å². The highest BCUT2D eigenvalue weighted by molar-refractivity contribution is 5.92. The average molecular weight is 348 g/mol. The predicted octanol–water partition coefficient (Wildman–Crippen LogP) is 3.16. The van der Waals surface area contributed by atoms with Gasteiger partial charge in [-0.15, -0.1) is 0 Å². The first-order chi connectivity index (χ1) is 12.5.